The Labute approximate surface area is 139 Å². The summed E-state index contributed by atoms with van der Waals surface area (Å²) in [5.74, 6) is 0.201. The van der Waals surface area contributed by atoms with Crippen LogP contribution in [0.25, 0.3) is 0 Å². The first-order valence-electron chi connectivity index (χ1n) is 7.52. The van der Waals surface area contributed by atoms with E-state index in [2.05, 4.69) is 0 Å². The average molecular weight is 322 g/mol. The Bertz CT molecular complexity index is 825. The number of carbonyl (C=O) groups is 1. The minimum Gasteiger partial charge on any atom is -0.478 e. The maximum Gasteiger partial charge on any atom is 0.335 e. The Morgan fingerprint density at radius 1 is 1.12 bits per heavy atom. The molecule has 1 atom stereocenters. The van der Waals surface area contributed by atoms with Crippen LogP contribution in [0.3, 0.4) is 0 Å². The third kappa shape index (κ3) is 3.16. The van der Waals surface area contributed by atoms with Crippen LogP contribution >= 0.6 is 0 Å². The van der Waals surface area contributed by atoms with Crippen LogP contribution in [0.2, 0.25) is 0 Å². The number of aromatic carboxylic acids is 1. The lowest BCUT2D eigenvalue weighted by atomic mass is 9.84. The molecule has 0 spiro atoms. The molecule has 3 rings (SSSR count). The largest absolute Gasteiger partial charge is 0.478 e. The summed E-state index contributed by atoms with van der Waals surface area (Å²) in [5, 5.41) is 8.95. The van der Waals surface area contributed by atoms with Crippen LogP contribution in [0.4, 0.5) is 0 Å². The minimum absolute atomic E-state index is 0.210. The molecule has 2 aromatic rings. The summed E-state index contributed by atoms with van der Waals surface area (Å²) in [7, 11) is 0. The maximum absolute atomic E-state index is 10.9. The molecule has 5 nitrogen and oxygen atoms in total. The van der Waals surface area contributed by atoms with Gasteiger partial charge >= 0.3 is 5.97 Å². The van der Waals surface area contributed by atoms with Crippen molar-refractivity contribution in [2.24, 2.45) is 11.5 Å². The molecule has 1 aliphatic carbocycles. The number of allylic oxidation sites excluding steroid dienone is 1. The van der Waals surface area contributed by atoms with Crippen molar-refractivity contribution in [1.29, 1.82) is 0 Å². The number of carboxylic acids is 1. The molecule has 0 bridgehead atoms. The fourth-order valence-electron chi connectivity index (χ4n) is 2.60. The van der Waals surface area contributed by atoms with Gasteiger partial charge in [-0.1, -0.05) is 30.4 Å². The van der Waals surface area contributed by atoms with Crippen molar-refractivity contribution in [3.8, 4) is 11.5 Å². The Morgan fingerprint density at radius 2 is 1.83 bits per heavy atom. The van der Waals surface area contributed by atoms with Crippen molar-refractivity contribution in [2.45, 2.75) is 12.0 Å². The second-order valence-corrected chi connectivity index (χ2v) is 5.71. The Hall–Kier alpha value is -3.05. The standard InChI is InChI=1S/C19H18N2O3/c20-14-9-11-19(21,12-10-14)16-3-1-2-4-17(16)24-15-7-5-13(6-8-15)18(22)23/h1-11H,12,20-21H2,(H,22,23). The lowest BCUT2D eigenvalue weighted by Gasteiger charge is -2.29. The topological polar surface area (TPSA) is 98.6 Å². The van der Waals surface area contributed by atoms with E-state index in [0.717, 1.165) is 5.56 Å². The zero-order chi connectivity index (χ0) is 17.2. The molecule has 5 N–H and O–H groups in total. The van der Waals surface area contributed by atoms with Gasteiger partial charge in [0, 0.05) is 11.3 Å². The van der Waals surface area contributed by atoms with Gasteiger partial charge in [-0.15, -0.1) is 0 Å². The minimum atomic E-state index is -0.973. The molecule has 1 unspecified atom stereocenters. The van der Waals surface area contributed by atoms with E-state index >= 15 is 0 Å². The van der Waals surface area contributed by atoms with Gasteiger partial charge in [-0.25, -0.2) is 4.79 Å². The summed E-state index contributed by atoms with van der Waals surface area (Å²) in [4.78, 5) is 10.9. The van der Waals surface area contributed by atoms with Crippen molar-refractivity contribution in [1.82, 2.24) is 0 Å². The van der Waals surface area contributed by atoms with Crippen LogP contribution in [0.15, 0.2) is 72.5 Å². The van der Waals surface area contributed by atoms with E-state index in [-0.39, 0.29) is 5.56 Å². The molecule has 24 heavy (non-hydrogen) atoms. The number of ether oxygens (including phenoxy) is 1. The molecular weight excluding hydrogens is 304 g/mol. The molecule has 0 saturated carbocycles. The number of rotatable bonds is 4. The van der Waals surface area contributed by atoms with E-state index < -0.39 is 11.5 Å². The maximum atomic E-state index is 10.9. The van der Waals surface area contributed by atoms with E-state index in [9.17, 15) is 4.79 Å². The predicted molar refractivity (Wildman–Crippen MR) is 91.8 cm³/mol. The van der Waals surface area contributed by atoms with Gasteiger partial charge in [-0.05, 0) is 42.8 Å². The number of hydrogen-bond acceptors (Lipinski definition) is 4. The smallest absolute Gasteiger partial charge is 0.335 e. The SMILES string of the molecule is NC1=CCC(N)(c2ccccc2Oc2ccc(C(=O)O)cc2)C=C1. The first-order chi connectivity index (χ1) is 11.5. The normalized spacial score (nSPS) is 19.6. The number of hydrogen-bond donors (Lipinski definition) is 3. The summed E-state index contributed by atoms with van der Waals surface area (Å²) >= 11 is 0. The van der Waals surface area contributed by atoms with Crippen LogP contribution in [0, 0.1) is 0 Å². The Kier molecular flexibility index (Phi) is 4.10. The molecule has 0 radical (unpaired) electrons. The lowest BCUT2D eigenvalue weighted by Crippen LogP contribution is -2.36. The molecule has 5 heteroatoms. The predicted octanol–water partition coefficient (Wildman–Crippen LogP) is 3.13. The van der Waals surface area contributed by atoms with Gasteiger partial charge in [-0.2, -0.15) is 0 Å². The van der Waals surface area contributed by atoms with Gasteiger partial charge < -0.3 is 21.3 Å². The number of nitrogens with two attached hydrogens (primary N) is 2. The third-order valence-corrected chi connectivity index (χ3v) is 3.97. The summed E-state index contributed by atoms with van der Waals surface area (Å²) in [6, 6.07) is 13.8. The second-order valence-electron chi connectivity index (χ2n) is 5.71. The van der Waals surface area contributed by atoms with E-state index in [1.54, 1.807) is 18.2 Å². The van der Waals surface area contributed by atoms with E-state index in [1.807, 2.05) is 36.4 Å². The van der Waals surface area contributed by atoms with Gasteiger partial charge in [0.1, 0.15) is 11.5 Å². The van der Waals surface area contributed by atoms with E-state index in [1.165, 1.54) is 12.1 Å². The fourth-order valence-corrected chi connectivity index (χ4v) is 2.60. The van der Waals surface area contributed by atoms with Crippen LogP contribution in [0.5, 0.6) is 11.5 Å². The summed E-state index contributed by atoms with van der Waals surface area (Å²) < 4.78 is 5.93. The van der Waals surface area contributed by atoms with Crippen molar-refractivity contribution in [3.63, 3.8) is 0 Å². The van der Waals surface area contributed by atoms with Gasteiger partial charge in [0.15, 0.2) is 0 Å². The summed E-state index contributed by atoms with van der Waals surface area (Å²) in [6.45, 7) is 0. The number of para-hydroxylation sites is 1. The molecule has 0 fully saturated rings. The highest BCUT2D eigenvalue weighted by atomic mass is 16.5. The van der Waals surface area contributed by atoms with Crippen LogP contribution in [-0.4, -0.2) is 11.1 Å². The van der Waals surface area contributed by atoms with Gasteiger partial charge in [0.25, 0.3) is 0 Å². The first-order valence-corrected chi connectivity index (χ1v) is 7.52. The highest BCUT2D eigenvalue weighted by molar-refractivity contribution is 5.87. The molecule has 0 amide bonds. The van der Waals surface area contributed by atoms with Crippen molar-refractivity contribution < 1.29 is 14.6 Å². The zero-order valence-electron chi connectivity index (χ0n) is 13.0. The molecule has 0 heterocycles. The molecule has 0 aromatic heterocycles. The van der Waals surface area contributed by atoms with Crippen molar-refractivity contribution in [2.75, 3.05) is 0 Å². The van der Waals surface area contributed by atoms with Crippen molar-refractivity contribution >= 4 is 5.97 Å². The fraction of sp³-hybridized carbons (Fsp3) is 0.105. The second kappa shape index (κ2) is 6.22. The van der Waals surface area contributed by atoms with Crippen molar-refractivity contribution in [3.05, 3.63) is 83.6 Å². The lowest BCUT2D eigenvalue weighted by molar-refractivity contribution is 0.0697. The molecule has 0 aliphatic heterocycles. The molecular formula is C19H18N2O3. The van der Waals surface area contributed by atoms with Gasteiger partial charge in [-0.3, -0.25) is 0 Å². The molecule has 0 saturated heterocycles. The van der Waals surface area contributed by atoms with E-state index in [4.69, 9.17) is 21.3 Å². The van der Waals surface area contributed by atoms with E-state index in [0.29, 0.717) is 23.6 Å². The highest BCUT2D eigenvalue weighted by Crippen LogP contribution is 2.36. The van der Waals surface area contributed by atoms with Crippen LogP contribution < -0.4 is 16.2 Å². The van der Waals surface area contributed by atoms with Crippen LogP contribution in [-0.2, 0) is 5.54 Å². The van der Waals surface area contributed by atoms with Gasteiger partial charge in [0.2, 0.25) is 0 Å². The summed E-state index contributed by atoms with van der Waals surface area (Å²) in [6.07, 6.45) is 6.13. The molecule has 2 aromatic carbocycles. The highest BCUT2D eigenvalue weighted by Gasteiger charge is 2.28. The molecule has 122 valence electrons. The quantitative estimate of drug-likeness (QED) is 0.803. The monoisotopic (exact) mass is 322 g/mol. The summed E-state index contributed by atoms with van der Waals surface area (Å²) in [5.41, 5.74) is 13.3. The number of carboxylic acid groups (broad SMARTS) is 1. The third-order valence-electron chi connectivity index (χ3n) is 3.97. The number of benzene rings is 2. The first kappa shape index (κ1) is 15.8. The Balaban J connectivity index is 1.90. The molecule has 1 aliphatic rings. The zero-order valence-corrected chi connectivity index (χ0v) is 13.0. The average Bonchev–Trinajstić information content (AvgIpc) is 2.59. The Morgan fingerprint density at radius 3 is 2.46 bits per heavy atom. The van der Waals surface area contributed by atoms with Crippen LogP contribution in [0.1, 0.15) is 22.3 Å². The van der Waals surface area contributed by atoms with Gasteiger partial charge in [0.05, 0.1) is 11.1 Å².